The maximum absolute atomic E-state index is 13.1. The molecule has 0 aromatic heterocycles. The van der Waals surface area contributed by atoms with Crippen molar-refractivity contribution in [2.75, 3.05) is 44.7 Å². The number of anilines is 1. The van der Waals surface area contributed by atoms with Gasteiger partial charge in [0.25, 0.3) is 5.91 Å². The lowest BCUT2D eigenvalue weighted by atomic mass is 10.1. The van der Waals surface area contributed by atoms with Crippen molar-refractivity contribution in [3.05, 3.63) is 59.7 Å². The second-order valence-corrected chi connectivity index (χ2v) is 8.80. The Morgan fingerprint density at radius 3 is 2.18 bits per heavy atom. The Balaban J connectivity index is 1.53. The second-order valence-electron chi connectivity index (χ2n) is 8.80. The molecule has 3 rings (SSSR count). The van der Waals surface area contributed by atoms with Crippen molar-refractivity contribution in [1.29, 1.82) is 0 Å². The smallest absolute Gasteiger partial charge is 0.253 e. The standard InChI is InChI=1S/C27H37N3O3/c1-5-30(21(2)3)24-12-10-23(11-13-24)27(32)29-18-6-17-28(19-20-29)26(31)16-9-22-7-14-25(33-4)15-8-22/h7-8,10-15,21H,5-6,9,16-20H2,1-4H3. The molecule has 178 valence electrons. The number of benzene rings is 2. The van der Waals surface area contributed by atoms with Crippen LogP contribution in [-0.2, 0) is 11.2 Å². The molecule has 0 aliphatic carbocycles. The molecular weight excluding hydrogens is 414 g/mol. The average Bonchev–Trinajstić information content (AvgIpc) is 3.09. The van der Waals surface area contributed by atoms with E-state index in [1.807, 2.05) is 58.3 Å². The Hall–Kier alpha value is -3.02. The highest BCUT2D eigenvalue weighted by Crippen LogP contribution is 2.19. The first-order valence-corrected chi connectivity index (χ1v) is 12.0. The second kappa shape index (κ2) is 11.7. The fraction of sp³-hybridized carbons (Fsp3) is 0.481. The summed E-state index contributed by atoms with van der Waals surface area (Å²) in [4.78, 5) is 31.9. The highest BCUT2D eigenvalue weighted by molar-refractivity contribution is 5.94. The van der Waals surface area contributed by atoms with E-state index < -0.39 is 0 Å². The lowest BCUT2D eigenvalue weighted by Gasteiger charge is -2.28. The maximum atomic E-state index is 13.1. The van der Waals surface area contributed by atoms with Gasteiger partial charge in [-0.25, -0.2) is 0 Å². The van der Waals surface area contributed by atoms with Gasteiger partial charge in [0, 0.05) is 56.4 Å². The van der Waals surface area contributed by atoms with Crippen molar-refractivity contribution in [1.82, 2.24) is 9.80 Å². The van der Waals surface area contributed by atoms with Crippen molar-refractivity contribution < 1.29 is 14.3 Å². The average molecular weight is 452 g/mol. The third-order valence-electron chi connectivity index (χ3n) is 6.33. The van der Waals surface area contributed by atoms with Crippen LogP contribution in [-0.4, -0.2) is 67.5 Å². The molecule has 0 bridgehead atoms. The van der Waals surface area contributed by atoms with Crippen LogP contribution in [0.5, 0.6) is 5.75 Å². The van der Waals surface area contributed by atoms with E-state index in [1.54, 1.807) is 7.11 Å². The minimum atomic E-state index is 0.0432. The molecule has 1 saturated heterocycles. The van der Waals surface area contributed by atoms with Crippen LogP contribution in [0.15, 0.2) is 48.5 Å². The molecular formula is C27H37N3O3. The lowest BCUT2D eigenvalue weighted by Crippen LogP contribution is -2.37. The SMILES string of the molecule is CCN(c1ccc(C(=O)N2CCCN(C(=O)CCc3ccc(OC)cc3)CC2)cc1)C(C)C. The molecule has 6 nitrogen and oxygen atoms in total. The van der Waals surface area contributed by atoms with Gasteiger partial charge in [-0.2, -0.15) is 0 Å². The van der Waals surface area contributed by atoms with E-state index in [1.165, 1.54) is 0 Å². The fourth-order valence-corrected chi connectivity index (χ4v) is 4.40. The van der Waals surface area contributed by atoms with Gasteiger partial charge in [-0.1, -0.05) is 12.1 Å². The van der Waals surface area contributed by atoms with Crippen LogP contribution in [0.3, 0.4) is 0 Å². The summed E-state index contributed by atoms with van der Waals surface area (Å²) in [7, 11) is 1.65. The number of ether oxygens (including phenoxy) is 1. The summed E-state index contributed by atoms with van der Waals surface area (Å²) < 4.78 is 5.19. The monoisotopic (exact) mass is 451 g/mol. The first-order valence-electron chi connectivity index (χ1n) is 12.0. The van der Waals surface area contributed by atoms with Gasteiger partial charge < -0.3 is 19.4 Å². The van der Waals surface area contributed by atoms with Gasteiger partial charge in [0.2, 0.25) is 5.91 Å². The number of carbonyl (C=O) groups excluding carboxylic acids is 2. The van der Waals surface area contributed by atoms with E-state index in [0.717, 1.165) is 30.0 Å². The molecule has 1 fully saturated rings. The minimum absolute atomic E-state index is 0.0432. The van der Waals surface area contributed by atoms with E-state index >= 15 is 0 Å². The van der Waals surface area contributed by atoms with Gasteiger partial charge in [0.1, 0.15) is 5.75 Å². The highest BCUT2D eigenvalue weighted by atomic mass is 16.5. The molecule has 1 heterocycles. The Morgan fingerprint density at radius 1 is 0.939 bits per heavy atom. The van der Waals surface area contributed by atoms with Gasteiger partial charge in [-0.15, -0.1) is 0 Å². The summed E-state index contributed by atoms with van der Waals surface area (Å²) >= 11 is 0. The van der Waals surface area contributed by atoms with E-state index in [9.17, 15) is 9.59 Å². The number of amides is 2. The zero-order chi connectivity index (χ0) is 23.8. The Kier molecular flexibility index (Phi) is 8.75. The van der Waals surface area contributed by atoms with Crippen molar-refractivity contribution in [3.8, 4) is 5.75 Å². The summed E-state index contributed by atoms with van der Waals surface area (Å²) in [5.74, 6) is 1.01. The van der Waals surface area contributed by atoms with Gasteiger partial charge >= 0.3 is 0 Å². The van der Waals surface area contributed by atoms with Crippen LogP contribution < -0.4 is 9.64 Å². The molecule has 0 saturated carbocycles. The maximum Gasteiger partial charge on any atom is 0.253 e. The number of nitrogens with zero attached hydrogens (tertiary/aromatic N) is 3. The predicted octanol–water partition coefficient (Wildman–Crippen LogP) is 4.24. The van der Waals surface area contributed by atoms with Crippen LogP contribution in [0.25, 0.3) is 0 Å². The molecule has 1 aliphatic heterocycles. The molecule has 1 aliphatic rings. The number of rotatable bonds is 8. The fourth-order valence-electron chi connectivity index (χ4n) is 4.40. The Morgan fingerprint density at radius 2 is 1.58 bits per heavy atom. The van der Waals surface area contributed by atoms with Crippen molar-refractivity contribution in [2.45, 2.75) is 46.1 Å². The quantitative estimate of drug-likeness (QED) is 0.603. The third-order valence-corrected chi connectivity index (χ3v) is 6.33. The summed E-state index contributed by atoms with van der Waals surface area (Å²) in [6, 6.07) is 16.2. The van der Waals surface area contributed by atoms with Gasteiger partial charge in [0.15, 0.2) is 0 Å². The lowest BCUT2D eigenvalue weighted by molar-refractivity contribution is -0.131. The van der Waals surface area contributed by atoms with Gasteiger partial charge in [-0.3, -0.25) is 9.59 Å². The topological polar surface area (TPSA) is 53.1 Å². The van der Waals surface area contributed by atoms with E-state index in [2.05, 4.69) is 25.7 Å². The molecule has 6 heteroatoms. The molecule has 2 aromatic carbocycles. The van der Waals surface area contributed by atoms with Crippen molar-refractivity contribution >= 4 is 17.5 Å². The summed E-state index contributed by atoms with van der Waals surface area (Å²) in [6.07, 6.45) is 1.99. The first kappa shape index (κ1) is 24.6. The van der Waals surface area contributed by atoms with Crippen LogP contribution in [0, 0.1) is 0 Å². The highest BCUT2D eigenvalue weighted by Gasteiger charge is 2.23. The van der Waals surface area contributed by atoms with Crippen LogP contribution in [0.2, 0.25) is 0 Å². The van der Waals surface area contributed by atoms with Crippen molar-refractivity contribution in [2.24, 2.45) is 0 Å². The number of hydrogen-bond acceptors (Lipinski definition) is 4. The van der Waals surface area contributed by atoms with E-state index in [4.69, 9.17) is 4.74 Å². The molecule has 2 aromatic rings. The minimum Gasteiger partial charge on any atom is -0.497 e. The largest absolute Gasteiger partial charge is 0.497 e. The van der Waals surface area contributed by atoms with Crippen LogP contribution in [0.1, 0.15) is 49.5 Å². The van der Waals surface area contributed by atoms with Gasteiger partial charge in [0.05, 0.1) is 7.11 Å². The van der Waals surface area contributed by atoms with E-state index in [0.29, 0.717) is 50.6 Å². The van der Waals surface area contributed by atoms with E-state index in [-0.39, 0.29) is 11.8 Å². The predicted molar refractivity (Wildman–Crippen MR) is 133 cm³/mol. The summed E-state index contributed by atoms with van der Waals surface area (Å²) in [6.45, 7) is 9.94. The number of carbonyl (C=O) groups is 2. The third kappa shape index (κ3) is 6.50. The zero-order valence-electron chi connectivity index (χ0n) is 20.4. The molecule has 0 spiro atoms. The molecule has 0 atom stereocenters. The Bertz CT molecular complexity index is 909. The van der Waals surface area contributed by atoms with Gasteiger partial charge in [-0.05, 0) is 75.6 Å². The normalized spacial score (nSPS) is 14.2. The van der Waals surface area contributed by atoms with Crippen LogP contribution >= 0.6 is 0 Å². The number of methoxy groups -OCH3 is 1. The summed E-state index contributed by atoms with van der Waals surface area (Å²) in [5, 5.41) is 0. The zero-order valence-corrected chi connectivity index (χ0v) is 20.4. The molecule has 0 N–H and O–H groups in total. The number of aryl methyl sites for hydroxylation is 1. The summed E-state index contributed by atoms with van der Waals surface area (Å²) in [5.41, 5.74) is 2.96. The molecule has 2 amide bonds. The van der Waals surface area contributed by atoms with Crippen molar-refractivity contribution in [3.63, 3.8) is 0 Å². The Labute approximate surface area is 198 Å². The molecule has 33 heavy (non-hydrogen) atoms. The molecule has 0 radical (unpaired) electrons. The van der Waals surface area contributed by atoms with Crippen LogP contribution in [0.4, 0.5) is 5.69 Å². The molecule has 0 unspecified atom stereocenters. The first-order chi connectivity index (χ1) is 15.9. The number of hydrogen-bond donors (Lipinski definition) is 0.